The van der Waals surface area contributed by atoms with Gasteiger partial charge < -0.3 is 20.4 Å². The molecule has 0 radical (unpaired) electrons. The van der Waals surface area contributed by atoms with Gasteiger partial charge in [0.15, 0.2) is 0 Å². The Balaban J connectivity index is 1.95. The van der Waals surface area contributed by atoms with E-state index in [2.05, 4.69) is 32.1 Å². The molecular weight excluding hydrogens is 306 g/mol. The van der Waals surface area contributed by atoms with Crippen molar-refractivity contribution in [2.75, 3.05) is 19.7 Å². The molecule has 2 rings (SSSR count). The summed E-state index contributed by atoms with van der Waals surface area (Å²) in [5, 5.41) is 39.3. The van der Waals surface area contributed by atoms with Crippen LogP contribution in [0.5, 0.6) is 0 Å². The van der Waals surface area contributed by atoms with E-state index in [9.17, 15) is 20.4 Å². The summed E-state index contributed by atoms with van der Waals surface area (Å²) in [7, 11) is 0. The van der Waals surface area contributed by atoms with Gasteiger partial charge >= 0.3 is 0 Å². The Kier molecular flexibility index (Phi) is 7.44. The maximum Gasteiger partial charge on any atom is 0.109 e. The van der Waals surface area contributed by atoms with Crippen LogP contribution in [0.2, 0.25) is 0 Å². The van der Waals surface area contributed by atoms with Crippen LogP contribution in [0.1, 0.15) is 39.5 Å². The Morgan fingerprint density at radius 2 is 1.92 bits per heavy atom. The van der Waals surface area contributed by atoms with E-state index in [-0.39, 0.29) is 13.2 Å². The van der Waals surface area contributed by atoms with Crippen LogP contribution in [0.3, 0.4) is 0 Å². The van der Waals surface area contributed by atoms with Gasteiger partial charge in [0.05, 0.1) is 18.8 Å². The number of aliphatic hydroxyl groups is 4. The Bertz CT molecular complexity index is 451. The van der Waals surface area contributed by atoms with Gasteiger partial charge in [-0.05, 0) is 23.8 Å². The summed E-state index contributed by atoms with van der Waals surface area (Å²) in [6.07, 6.45) is 8.32. The van der Waals surface area contributed by atoms with Crippen LogP contribution in [0, 0.1) is 11.8 Å². The Morgan fingerprint density at radius 1 is 1.17 bits per heavy atom. The number of likely N-dealkylation sites (tertiary alicyclic amines) is 1. The summed E-state index contributed by atoms with van der Waals surface area (Å²) in [5.74, 6) is 1.05. The fraction of sp³-hybridized carbons (Fsp3) is 0.789. The van der Waals surface area contributed by atoms with Crippen molar-refractivity contribution in [2.45, 2.75) is 63.9 Å². The molecule has 1 aliphatic heterocycles. The zero-order valence-electron chi connectivity index (χ0n) is 14.9. The molecule has 1 fully saturated rings. The summed E-state index contributed by atoms with van der Waals surface area (Å²) in [5.41, 5.74) is 1.14. The second-order valence-electron chi connectivity index (χ2n) is 7.35. The van der Waals surface area contributed by atoms with Crippen LogP contribution >= 0.6 is 0 Å². The van der Waals surface area contributed by atoms with E-state index in [4.69, 9.17) is 0 Å². The first-order valence-electron chi connectivity index (χ1n) is 9.25. The zero-order chi connectivity index (χ0) is 17.7. The minimum absolute atomic E-state index is 0.239. The largest absolute Gasteiger partial charge is 0.395 e. The smallest absolute Gasteiger partial charge is 0.109 e. The van der Waals surface area contributed by atoms with E-state index in [1.807, 2.05) is 4.90 Å². The maximum atomic E-state index is 10.1. The van der Waals surface area contributed by atoms with Crippen molar-refractivity contribution in [2.24, 2.45) is 11.8 Å². The van der Waals surface area contributed by atoms with Gasteiger partial charge in [-0.2, -0.15) is 0 Å². The molecule has 0 aromatic rings. The molecule has 2 unspecified atom stereocenters. The lowest BCUT2D eigenvalue weighted by Gasteiger charge is -2.43. The van der Waals surface area contributed by atoms with Gasteiger partial charge in [0.1, 0.15) is 12.2 Å². The molecule has 5 heteroatoms. The predicted octanol–water partition coefficient (Wildman–Crippen LogP) is 1.07. The first kappa shape index (κ1) is 19.6. The molecular formula is C19H33NO4. The van der Waals surface area contributed by atoms with Crippen molar-refractivity contribution in [3.8, 4) is 0 Å². The normalized spacial score (nSPS) is 37.5. The topological polar surface area (TPSA) is 84.2 Å². The molecule has 0 aromatic heterocycles. The highest BCUT2D eigenvalue weighted by Crippen LogP contribution is 2.29. The fourth-order valence-corrected chi connectivity index (χ4v) is 3.83. The van der Waals surface area contributed by atoms with Crippen molar-refractivity contribution in [1.29, 1.82) is 0 Å². The standard InChI is InChI=1S/C19H33NO4/c1-3-4-5-6-15-8-7-14(9-13(15)2)10-20-11-17(22)19(24)18(23)16(20)12-21/h7-9,13,15-19,21-24H,3-6,10-12H2,1-2H3/t13?,15?,16-,17+,18-,19-/m1/s1. The van der Waals surface area contributed by atoms with Gasteiger partial charge in [0, 0.05) is 13.1 Å². The Morgan fingerprint density at radius 3 is 2.54 bits per heavy atom. The number of unbranched alkanes of at least 4 members (excludes halogenated alkanes) is 2. The van der Waals surface area contributed by atoms with Crippen molar-refractivity contribution in [3.05, 3.63) is 23.8 Å². The van der Waals surface area contributed by atoms with Crippen LogP contribution in [-0.2, 0) is 0 Å². The van der Waals surface area contributed by atoms with Crippen LogP contribution in [0.15, 0.2) is 23.8 Å². The predicted molar refractivity (Wildman–Crippen MR) is 94.5 cm³/mol. The number of hydrogen-bond acceptors (Lipinski definition) is 5. The molecule has 4 N–H and O–H groups in total. The highest BCUT2D eigenvalue weighted by atomic mass is 16.4. The van der Waals surface area contributed by atoms with Gasteiger partial charge in [-0.1, -0.05) is 51.3 Å². The number of hydrogen-bond donors (Lipinski definition) is 4. The molecule has 1 aliphatic carbocycles. The van der Waals surface area contributed by atoms with Crippen molar-refractivity contribution in [3.63, 3.8) is 0 Å². The Hall–Kier alpha value is -0.720. The number of aliphatic hydroxyl groups excluding tert-OH is 4. The lowest BCUT2D eigenvalue weighted by molar-refractivity contribution is -0.142. The highest BCUT2D eigenvalue weighted by Gasteiger charge is 2.41. The molecule has 0 spiro atoms. The van der Waals surface area contributed by atoms with Gasteiger partial charge in [0.2, 0.25) is 0 Å². The molecule has 5 nitrogen and oxygen atoms in total. The lowest BCUT2D eigenvalue weighted by Crippen LogP contribution is -2.62. The third-order valence-electron chi connectivity index (χ3n) is 5.45. The van der Waals surface area contributed by atoms with Gasteiger partial charge in [-0.15, -0.1) is 0 Å². The molecule has 0 bridgehead atoms. The SMILES string of the molecule is CCCCCC1C=CC(CN2C[C@H](O)[C@@H](O)[C@H](O)[C@H]2CO)=CC1C. The summed E-state index contributed by atoms with van der Waals surface area (Å²) >= 11 is 0. The zero-order valence-corrected chi connectivity index (χ0v) is 14.9. The van der Waals surface area contributed by atoms with E-state index in [1.54, 1.807) is 0 Å². The molecule has 2 aliphatic rings. The van der Waals surface area contributed by atoms with E-state index in [0.717, 1.165) is 5.57 Å². The minimum atomic E-state index is -1.20. The molecule has 1 heterocycles. The number of nitrogens with zero attached hydrogens (tertiary/aromatic N) is 1. The van der Waals surface area contributed by atoms with E-state index < -0.39 is 24.4 Å². The van der Waals surface area contributed by atoms with E-state index in [1.165, 1.54) is 25.7 Å². The molecule has 0 aromatic carbocycles. The van der Waals surface area contributed by atoms with Crippen LogP contribution in [-0.4, -0.2) is 69.4 Å². The average Bonchev–Trinajstić information content (AvgIpc) is 2.55. The molecule has 0 saturated carbocycles. The van der Waals surface area contributed by atoms with Crippen molar-refractivity contribution >= 4 is 0 Å². The third-order valence-corrected chi connectivity index (χ3v) is 5.45. The van der Waals surface area contributed by atoms with E-state index >= 15 is 0 Å². The lowest BCUT2D eigenvalue weighted by atomic mass is 9.83. The number of piperidine rings is 1. The highest BCUT2D eigenvalue weighted by molar-refractivity contribution is 5.27. The van der Waals surface area contributed by atoms with Crippen molar-refractivity contribution in [1.82, 2.24) is 4.90 Å². The quantitative estimate of drug-likeness (QED) is 0.522. The number of rotatable bonds is 7. The molecule has 6 atom stereocenters. The van der Waals surface area contributed by atoms with Crippen LogP contribution in [0.4, 0.5) is 0 Å². The first-order chi connectivity index (χ1) is 11.5. The summed E-state index contributed by atoms with van der Waals surface area (Å²) < 4.78 is 0. The van der Waals surface area contributed by atoms with Gasteiger partial charge in [-0.3, -0.25) is 4.90 Å². The summed E-state index contributed by atoms with van der Waals surface area (Å²) in [4.78, 5) is 1.86. The van der Waals surface area contributed by atoms with Crippen molar-refractivity contribution < 1.29 is 20.4 Å². The first-order valence-corrected chi connectivity index (χ1v) is 9.25. The maximum absolute atomic E-state index is 10.1. The molecule has 0 amide bonds. The van der Waals surface area contributed by atoms with Gasteiger partial charge in [-0.25, -0.2) is 0 Å². The summed E-state index contributed by atoms with van der Waals surface area (Å²) in [6.45, 7) is 5.02. The fourth-order valence-electron chi connectivity index (χ4n) is 3.83. The van der Waals surface area contributed by atoms with Crippen LogP contribution in [0.25, 0.3) is 0 Å². The second kappa shape index (κ2) is 9.11. The molecule has 1 saturated heterocycles. The Labute approximate surface area is 145 Å². The molecule has 138 valence electrons. The number of allylic oxidation sites excluding steroid dienone is 2. The van der Waals surface area contributed by atoms with E-state index in [0.29, 0.717) is 18.4 Å². The van der Waals surface area contributed by atoms with Crippen LogP contribution < -0.4 is 0 Å². The summed E-state index contributed by atoms with van der Waals surface area (Å²) in [6, 6.07) is -0.546. The molecule has 24 heavy (non-hydrogen) atoms. The monoisotopic (exact) mass is 339 g/mol. The average molecular weight is 339 g/mol. The second-order valence-corrected chi connectivity index (χ2v) is 7.35. The number of β-amino-alcohol motifs (C(OH)–C–C–N with tert-alkyl or cyclic N) is 1. The third kappa shape index (κ3) is 4.67. The minimum Gasteiger partial charge on any atom is -0.395 e. The van der Waals surface area contributed by atoms with Gasteiger partial charge in [0.25, 0.3) is 0 Å².